The number of hydrogen-bond donors (Lipinski definition) is 3. The van der Waals surface area contributed by atoms with E-state index in [9.17, 15) is 9.90 Å². The SMILES string of the molecule is COc1cc(O)c(C2CC(C(=O)O)CN2)cc1OC. The second-order valence-electron chi connectivity index (χ2n) is 4.50. The van der Waals surface area contributed by atoms with Crippen molar-refractivity contribution < 1.29 is 24.5 Å². The molecule has 0 spiro atoms. The summed E-state index contributed by atoms with van der Waals surface area (Å²) in [6.07, 6.45) is 0.443. The zero-order valence-corrected chi connectivity index (χ0v) is 10.8. The first-order chi connectivity index (χ1) is 9.06. The molecule has 0 aliphatic carbocycles. The summed E-state index contributed by atoms with van der Waals surface area (Å²) in [6, 6.07) is 2.96. The Balaban J connectivity index is 2.28. The molecule has 104 valence electrons. The number of carbonyl (C=O) groups is 1. The minimum absolute atomic E-state index is 0.0705. The van der Waals surface area contributed by atoms with E-state index in [-0.39, 0.29) is 11.8 Å². The maximum atomic E-state index is 10.9. The van der Waals surface area contributed by atoms with Crippen molar-refractivity contribution in [2.75, 3.05) is 20.8 Å². The van der Waals surface area contributed by atoms with Crippen molar-refractivity contribution in [3.63, 3.8) is 0 Å². The molecule has 0 amide bonds. The molecule has 1 saturated heterocycles. The van der Waals surface area contributed by atoms with Crippen molar-refractivity contribution in [2.45, 2.75) is 12.5 Å². The average molecular weight is 267 g/mol. The van der Waals surface area contributed by atoms with E-state index in [1.807, 2.05) is 0 Å². The molecule has 1 aliphatic heterocycles. The van der Waals surface area contributed by atoms with Crippen LogP contribution in [0.3, 0.4) is 0 Å². The van der Waals surface area contributed by atoms with Crippen molar-refractivity contribution in [3.8, 4) is 17.2 Å². The lowest BCUT2D eigenvalue weighted by Crippen LogP contribution is -2.17. The molecule has 1 heterocycles. The van der Waals surface area contributed by atoms with Crippen molar-refractivity contribution in [1.82, 2.24) is 5.32 Å². The van der Waals surface area contributed by atoms with Crippen molar-refractivity contribution in [3.05, 3.63) is 17.7 Å². The molecule has 2 rings (SSSR count). The van der Waals surface area contributed by atoms with Gasteiger partial charge in [-0.25, -0.2) is 0 Å². The highest BCUT2D eigenvalue weighted by molar-refractivity contribution is 5.71. The minimum atomic E-state index is -0.824. The molecule has 1 fully saturated rings. The average Bonchev–Trinajstić information content (AvgIpc) is 2.87. The van der Waals surface area contributed by atoms with Crippen LogP contribution in [0.25, 0.3) is 0 Å². The van der Waals surface area contributed by atoms with Gasteiger partial charge in [0, 0.05) is 24.2 Å². The third-order valence-corrected chi connectivity index (χ3v) is 3.39. The molecule has 6 heteroatoms. The molecular weight excluding hydrogens is 250 g/mol. The van der Waals surface area contributed by atoms with Crippen LogP contribution in [0.2, 0.25) is 0 Å². The van der Waals surface area contributed by atoms with Crippen LogP contribution >= 0.6 is 0 Å². The summed E-state index contributed by atoms with van der Waals surface area (Å²) in [5.74, 6) is -0.235. The van der Waals surface area contributed by atoms with Gasteiger partial charge < -0.3 is 25.0 Å². The molecule has 19 heavy (non-hydrogen) atoms. The van der Waals surface area contributed by atoms with E-state index in [1.54, 1.807) is 6.07 Å². The Kier molecular flexibility index (Phi) is 3.80. The van der Waals surface area contributed by atoms with Gasteiger partial charge in [-0.05, 0) is 12.5 Å². The van der Waals surface area contributed by atoms with Gasteiger partial charge in [-0.15, -0.1) is 0 Å². The summed E-state index contributed by atoms with van der Waals surface area (Å²) in [4.78, 5) is 10.9. The van der Waals surface area contributed by atoms with E-state index in [4.69, 9.17) is 14.6 Å². The first-order valence-corrected chi connectivity index (χ1v) is 5.98. The fraction of sp³-hybridized carbons (Fsp3) is 0.462. The lowest BCUT2D eigenvalue weighted by atomic mass is 9.99. The van der Waals surface area contributed by atoms with Gasteiger partial charge in [-0.1, -0.05) is 0 Å². The molecule has 2 atom stereocenters. The summed E-state index contributed by atoms with van der Waals surface area (Å²) < 4.78 is 10.3. The monoisotopic (exact) mass is 267 g/mol. The Morgan fingerprint density at radius 3 is 2.47 bits per heavy atom. The molecule has 1 aliphatic rings. The summed E-state index contributed by atoms with van der Waals surface area (Å²) in [6.45, 7) is 0.397. The van der Waals surface area contributed by atoms with Crippen LogP contribution in [-0.4, -0.2) is 36.9 Å². The van der Waals surface area contributed by atoms with E-state index in [2.05, 4.69) is 5.32 Å². The van der Waals surface area contributed by atoms with Crippen molar-refractivity contribution >= 4 is 5.97 Å². The van der Waals surface area contributed by atoms with Crippen molar-refractivity contribution in [2.24, 2.45) is 5.92 Å². The smallest absolute Gasteiger partial charge is 0.307 e. The van der Waals surface area contributed by atoms with Gasteiger partial charge in [-0.2, -0.15) is 0 Å². The summed E-state index contributed by atoms with van der Waals surface area (Å²) in [7, 11) is 3.01. The van der Waals surface area contributed by atoms with Crippen LogP contribution in [0, 0.1) is 5.92 Å². The summed E-state index contributed by atoms with van der Waals surface area (Å²) in [5.41, 5.74) is 0.626. The van der Waals surface area contributed by atoms with Gasteiger partial charge >= 0.3 is 5.97 Å². The Morgan fingerprint density at radius 2 is 1.95 bits per heavy atom. The predicted molar refractivity (Wildman–Crippen MR) is 67.7 cm³/mol. The molecule has 1 aromatic carbocycles. The maximum absolute atomic E-state index is 10.9. The quantitative estimate of drug-likeness (QED) is 0.758. The van der Waals surface area contributed by atoms with Gasteiger partial charge in [0.15, 0.2) is 11.5 Å². The number of methoxy groups -OCH3 is 2. The van der Waals surface area contributed by atoms with Gasteiger partial charge in [0.2, 0.25) is 0 Å². The number of ether oxygens (including phenoxy) is 2. The zero-order chi connectivity index (χ0) is 14.0. The molecule has 2 unspecified atom stereocenters. The number of rotatable bonds is 4. The summed E-state index contributed by atoms with van der Waals surface area (Å²) in [5, 5.41) is 22.1. The van der Waals surface area contributed by atoms with E-state index in [0.29, 0.717) is 30.0 Å². The van der Waals surface area contributed by atoms with Crippen LogP contribution in [0.15, 0.2) is 12.1 Å². The molecule has 3 N–H and O–H groups in total. The Hall–Kier alpha value is -1.95. The van der Waals surface area contributed by atoms with E-state index >= 15 is 0 Å². The van der Waals surface area contributed by atoms with Crippen LogP contribution in [-0.2, 0) is 4.79 Å². The first-order valence-electron chi connectivity index (χ1n) is 5.98. The normalized spacial score (nSPS) is 22.2. The van der Waals surface area contributed by atoms with Gasteiger partial charge in [-0.3, -0.25) is 4.79 Å². The van der Waals surface area contributed by atoms with Gasteiger partial charge in [0.25, 0.3) is 0 Å². The number of hydrogen-bond acceptors (Lipinski definition) is 5. The Bertz CT molecular complexity index is 488. The highest BCUT2D eigenvalue weighted by Gasteiger charge is 2.32. The Labute approximate surface area is 111 Å². The lowest BCUT2D eigenvalue weighted by molar-refractivity contribution is -0.141. The second kappa shape index (κ2) is 5.36. The van der Waals surface area contributed by atoms with E-state index in [0.717, 1.165) is 0 Å². The summed E-state index contributed by atoms with van der Waals surface area (Å²) >= 11 is 0. The standard InChI is InChI=1S/C13H17NO5/c1-18-11-4-8(10(15)5-12(11)19-2)9-3-7(6-14-9)13(16)17/h4-5,7,9,14-15H,3,6H2,1-2H3,(H,16,17). The van der Waals surface area contributed by atoms with Crippen LogP contribution in [0.5, 0.6) is 17.2 Å². The number of aromatic hydroxyl groups is 1. The number of phenols is 1. The van der Waals surface area contributed by atoms with Gasteiger partial charge in [0.1, 0.15) is 5.75 Å². The molecule has 6 nitrogen and oxygen atoms in total. The highest BCUT2D eigenvalue weighted by atomic mass is 16.5. The number of carboxylic acid groups (broad SMARTS) is 1. The third kappa shape index (κ3) is 2.58. The van der Waals surface area contributed by atoms with E-state index in [1.165, 1.54) is 20.3 Å². The van der Waals surface area contributed by atoms with E-state index < -0.39 is 11.9 Å². The lowest BCUT2D eigenvalue weighted by Gasteiger charge is -2.16. The molecule has 0 saturated carbocycles. The highest BCUT2D eigenvalue weighted by Crippen LogP contribution is 2.39. The first kappa shape index (κ1) is 13.5. The van der Waals surface area contributed by atoms with Crippen LogP contribution < -0.4 is 14.8 Å². The number of aliphatic carboxylic acids is 1. The molecule has 0 aromatic heterocycles. The number of benzene rings is 1. The molecule has 0 radical (unpaired) electrons. The third-order valence-electron chi connectivity index (χ3n) is 3.39. The predicted octanol–water partition coefficient (Wildman–Crippen LogP) is 1.14. The van der Waals surface area contributed by atoms with Gasteiger partial charge in [0.05, 0.1) is 20.1 Å². The Morgan fingerprint density at radius 1 is 1.32 bits per heavy atom. The molecule has 1 aromatic rings. The topological polar surface area (TPSA) is 88.0 Å². The zero-order valence-electron chi connectivity index (χ0n) is 10.8. The van der Waals surface area contributed by atoms with Crippen molar-refractivity contribution in [1.29, 1.82) is 0 Å². The molecular formula is C13H17NO5. The largest absolute Gasteiger partial charge is 0.507 e. The minimum Gasteiger partial charge on any atom is -0.507 e. The second-order valence-corrected chi connectivity index (χ2v) is 4.50. The number of nitrogens with one attached hydrogen (secondary N) is 1. The number of phenolic OH excluding ortho intramolecular Hbond substituents is 1. The van der Waals surface area contributed by atoms with Crippen LogP contribution in [0.1, 0.15) is 18.0 Å². The fourth-order valence-electron chi connectivity index (χ4n) is 2.32. The fourth-order valence-corrected chi connectivity index (χ4v) is 2.32. The van der Waals surface area contributed by atoms with Crippen LogP contribution in [0.4, 0.5) is 0 Å². The number of carboxylic acids is 1. The maximum Gasteiger partial charge on any atom is 0.307 e. The molecule has 0 bridgehead atoms.